The molecular formula is C14H11NO3S. The first-order chi connectivity index (χ1) is 9.03. The molecule has 19 heavy (non-hydrogen) atoms. The van der Waals surface area contributed by atoms with Crippen molar-refractivity contribution in [1.82, 2.24) is 0 Å². The molecule has 0 amide bonds. The van der Waals surface area contributed by atoms with Gasteiger partial charge in [0, 0.05) is 5.56 Å². The quantitative estimate of drug-likeness (QED) is 0.825. The summed E-state index contributed by atoms with van der Waals surface area (Å²) in [4.78, 5) is 2.49. The van der Waals surface area contributed by atoms with E-state index in [1.807, 2.05) is 0 Å². The maximum Gasteiger partial charge on any atom is 0.299 e. The second-order valence-corrected chi connectivity index (χ2v) is 5.93. The van der Waals surface area contributed by atoms with Crippen molar-refractivity contribution in [2.45, 2.75) is 4.87 Å². The average molecular weight is 273 g/mol. The van der Waals surface area contributed by atoms with Crippen molar-refractivity contribution in [3.05, 3.63) is 70.7 Å². The third-order valence-corrected chi connectivity index (χ3v) is 4.39. The van der Waals surface area contributed by atoms with Crippen LogP contribution in [0.3, 0.4) is 0 Å². The molecule has 3 rings (SSSR count). The molecule has 2 aromatic rings. The van der Waals surface area contributed by atoms with Gasteiger partial charge in [-0.3, -0.25) is 9.55 Å². The van der Waals surface area contributed by atoms with Crippen molar-refractivity contribution >= 4 is 16.2 Å². The Balaban J connectivity index is 2.39. The highest BCUT2D eigenvalue weighted by Crippen LogP contribution is 2.33. The van der Waals surface area contributed by atoms with Crippen LogP contribution >= 0.6 is 0 Å². The first-order valence-electron chi connectivity index (χ1n) is 5.73. The Kier molecular flexibility index (Phi) is 2.55. The Hall–Kier alpha value is -1.98. The summed E-state index contributed by atoms with van der Waals surface area (Å²) in [7, 11) is -4.41. The zero-order chi connectivity index (χ0) is 13.5. The van der Waals surface area contributed by atoms with Gasteiger partial charge in [-0.15, -0.1) is 0 Å². The van der Waals surface area contributed by atoms with Crippen LogP contribution < -0.4 is 10.6 Å². The van der Waals surface area contributed by atoms with Crippen LogP contribution in [-0.4, -0.2) is 13.0 Å². The molecule has 1 unspecified atom stereocenters. The van der Waals surface area contributed by atoms with E-state index in [9.17, 15) is 13.0 Å². The molecule has 2 aromatic carbocycles. The van der Waals surface area contributed by atoms with Crippen LogP contribution in [0.15, 0.2) is 59.6 Å². The Morgan fingerprint density at radius 3 is 2.21 bits per heavy atom. The molecule has 0 fully saturated rings. The second kappa shape index (κ2) is 4.01. The summed E-state index contributed by atoms with van der Waals surface area (Å²) in [6.45, 7) is 0. The van der Waals surface area contributed by atoms with E-state index in [4.69, 9.17) is 0 Å². The molecule has 0 saturated carbocycles. The number of fused-ring (bicyclic) bond motifs is 1. The van der Waals surface area contributed by atoms with Gasteiger partial charge in [-0.2, -0.15) is 8.42 Å². The van der Waals surface area contributed by atoms with E-state index in [-0.39, 0.29) is 0 Å². The highest BCUT2D eigenvalue weighted by molar-refractivity contribution is 7.87. The number of benzene rings is 2. The summed E-state index contributed by atoms with van der Waals surface area (Å²) in [5.74, 6) is 0. The van der Waals surface area contributed by atoms with Crippen molar-refractivity contribution in [2.75, 3.05) is 0 Å². The molecule has 0 spiro atoms. The first kappa shape index (κ1) is 12.1. The van der Waals surface area contributed by atoms with E-state index in [0.29, 0.717) is 16.1 Å². The molecule has 0 saturated heterocycles. The molecule has 0 bridgehead atoms. The SMILES string of the molecule is O=S(=O)(O)C1(c2ccccc2)C=c2ccccc2=N1. The second-order valence-electron chi connectivity index (χ2n) is 4.35. The normalized spacial score (nSPS) is 21.3. The van der Waals surface area contributed by atoms with Crippen molar-refractivity contribution in [2.24, 2.45) is 4.99 Å². The molecular weight excluding hydrogens is 262 g/mol. The fraction of sp³-hybridized carbons (Fsp3) is 0.0714. The lowest BCUT2D eigenvalue weighted by Gasteiger charge is -2.21. The number of hydrogen-bond acceptors (Lipinski definition) is 3. The number of nitrogens with zero attached hydrogens (tertiary/aromatic N) is 1. The molecule has 1 aliphatic heterocycles. The van der Waals surface area contributed by atoms with Gasteiger partial charge in [0.1, 0.15) is 0 Å². The molecule has 1 N–H and O–H groups in total. The molecule has 5 heteroatoms. The molecule has 0 aromatic heterocycles. The smallest absolute Gasteiger partial charge is 0.283 e. The van der Waals surface area contributed by atoms with Crippen LogP contribution in [0, 0.1) is 0 Å². The van der Waals surface area contributed by atoms with E-state index in [1.165, 1.54) is 6.08 Å². The molecule has 1 heterocycles. The van der Waals surface area contributed by atoms with Crippen LogP contribution in [0.4, 0.5) is 0 Å². The largest absolute Gasteiger partial charge is 0.299 e. The highest BCUT2D eigenvalue weighted by Gasteiger charge is 2.44. The van der Waals surface area contributed by atoms with Crippen molar-refractivity contribution in [3.8, 4) is 0 Å². The van der Waals surface area contributed by atoms with Gasteiger partial charge in [-0.25, -0.2) is 0 Å². The highest BCUT2D eigenvalue weighted by atomic mass is 32.2. The third kappa shape index (κ3) is 1.78. The molecule has 96 valence electrons. The van der Waals surface area contributed by atoms with E-state index in [1.54, 1.807) is 54.6 Å². The number of para-hydroxylation sites is 1. The fourth-order valence-corrected chi connectivity index (χ4v) is 3.16. The predicted molar refractivity (Wildman–Crippen MR) is 71.4 cm³/mol. The minimum atomic E-state index is -4.41. The summed E-state index contributed by atoms with van der Waals surface area (Å²) in [6.07, 6.45) is 1.48. The standard InChI is InChI=1S/C14H11NO3S/c16-19(17,18)14(12-7-2-1-3-8-12)10-11-6-4-5-9-13(11)15-14/h1-10H,(H,16,17,18). The van der Waals surface area contributed by atoms with Gasteiger partial charge in [0.25, 0.3) is 10.1 Å². The Bertz CT molecular complexity index is 807. The maximum absolute atomic E-state index is 11.9. The van der Waals surface area contributed by atoms with Crippen LogP contribution in [0.25, 0.3) is 6.08 Å². The minimum absolute atomic E-state index is 0.425. The summed E-state index contributed by atoms with van der Waals surface area (Å²) in [6, 6.07) is 15.6. The zero-order valence-electron chi connectivity index (χ0n) is 9.89. The summed E-state index contributed by atoms with van der Waals surface area (Å²) < 4.78 is 33.4. The lowest BCUT2D eigenvalue weighted by atomic mass is 10.1. The maximum atomic E-state index is 11.9. The van der Waals surface area contributed by atoms with Crippen LogP contribution in [0.1, 0.15) is 5.56 Å². The zero-order valence-corrected chi connectivity index (χ0v) is 10.7. The molecule has 1 atom stereocenters. The monoisotopic (exact) mass is 273 g/mol. The number of rotatable bonds is 2. The van der Waals surface area contributed by atoms with Gasteiger partial charge in [0.2, 0.25) is 4.87 Å². The van der Waals surface area contributed by atoms with E-state index < -0.39 is 15.0 Å². The van der Waals surface area contributed by atoms with E-state index >= 15 is 0 Å². The van der Waals surface area contributed by atoms with Gasteiger partial charge in [-0.05, 0) is 17.4 Å². The predicted octanol–water partition coefficient (Wildman–Crippen LogP) is 0.841. The summed E-state index contributed by atoms with van der Waals surface area (Å²) in [5.41, 5.74) is 0.425. The van der Waals surface area contributed by atoms with Gasteiger partial charge in [0.15, 0.2) is 0 Å². The van der Waals surface area contributed by atoms with Crippen LogP contribution in [0.5, 0.6) is 0 Å². The van der Waals surface area contributed by atoms with Gasteiger partial charge < -0.3 is 0 Å². The molecule has 4 nitrogen and oxygen atoms in total. The minimum Gasteiger partial charge on any atom is -0.283 e. The van der Waals surface area contributed by atoms with Crippen molar-refractivity contribution in [1.29, 1.82) is 0 Å². The molecule has 0 radical (unpaired) electrons. The Labute approximate surface area is 110 Å². The van der Waals surface area contributed by atoms with Gasteiger partial charge in [-0.1, -0.05) is 48.5 Å². The first-order valence-corrected chi connectivity index (χ1v) is 7.17. The van der Waals surface area contributed by atoms with Crippen molar-refractivity contribution in [3.63, 3.8) is 0 Å². The third-order valence-electron chi connectivity index (χ3n) is 3.16. The topological polar surface area (TPSA) is 66.7 Å². The fourth-order valence-electron chi connectivity index (χ4n) is 2.24. The van der Waals surface area contributed by atoms with Gasteiger partial charge >= 0.3 is 0 Å². The number of hydrogen-bond donors (Lipinski definition) is 1. The lowest BCUT2D eigenvalue weighted by molar-refractivity contribution is 0.456. The Morgan fingerprint density at radius 1 is 0.947 bits per heavy atom. The van der Waals surface area contributed by atoms with Crippen molar-refractivity contribution < 1.29 is 13.0 Å². The van der Waals surface area contributed by atoms with E-state index in [2.05, 4.69) is 4.99 Å². The lowest BCUT2D eigenvalue weighted by Crippen LogP contribution is -2.30. The summed E-state index contributed by atoms with van der Waals surface area (Å²) in [5, 5.41) is 1.26. The van der Waals surface area contributed by atoms with Crippen LogP contribution in [0.2, 0.25) is 0 Å². The molecule has 1 aliphatic rings. The van der Waals surface area contributed by atoms with E-state index in [0.717, 1.165) is 0 Å². The summed E-state index contributed by atoms with van der Waals surface area (Å²) >= 11 is 0. The average Bonchev–Trinajstić information content (AvgIpc) is 2.80. The Morgan fingerprint density at radius 2 is 1.58 bits per heavy atom. The van der Waals surface area contributed by atoms with Gasteiger partial charge in [0.05, 0.1) is 5.36 Å². The van der Waals surface area contributed by atoms with Crippen LogP contribution in [-0.2, 0) is 15.0 Å². The molecule has 0 aliphatic carbocycles.